The van der Waals surface area contributed by atoms with Crippen LogP contribution in [0.5, 0.6) is 0 Å². The van der Waals surface area contributed by atoms with Crippen molar-refractivity contribution in [1.82, 2.24) is 14.3 Å². The Labute approximate surface area is 123 Å². The van der Waals surface area contributed by atoms with Gasteiger partial charge in [0.15, 0.2) is 5.82 Å². The summed E-state index contributed by atoms with van der Waals surface area (Å²) >= 11 is 0. The van der Waals surface area contributed by atoms with Crippen molar-refractivity contribution < 1.29 is 0 Å². The van der Waals surface area contributed by atoms with E-state index in [4.69, 9.17) is 0 Å². The Morgan fingerprint density at radius 1 is 1.05 bits per heavy atom. The Morgan fingerprint density at radius 3 is 2.48 bits per heavy atom. The number of hydrogen-bond acceptors (Lipinski definition) is 2. The van der Waals surface area contributed by atoms with Gasteiger partial charge in [0.2, 0.25) is 0 Å². The maximum Gasteiger partial charge on any atom is 0.350 e. The van der Waals surface area contributed by atoms with E-state index >= 15 is 0 Å². The molecule has 3 rings (SSSR count). The first-order valence-electron chi connectivity index (χ1n) is 7.03. The highest BCUT2D eigenvalue weighted by Crippen LogP contribution is 2.16. The third-order valence-corrected chi connectivity index (χ3v) is 3.46. The van der Waals surface area contributed by atoms with Gasteiger partial charge in [-0.25, -0.2) is 4.79 Å². The predicted octanol–water partition coefficient (Wildman–Crippen LogP) is 3.03. The van der Waals surface area contributed by atoms with Crippen LogP contribution >= 0.6 is 0 Å². The highest BCUT2D eigenvalue weighted by atomic mass is 16.2. The molecule has 0 saturated heterocycles. The first-order valence-corrected chi connectivity index (χ1v) is 7.03. The van der Waals surface area contributed by atoms with E-state index in [9.17, 15) is 4.79 Å². The summed E-state index contributed by atoms with van der Waals surface area (Å²) in [7, 11) is 0. The second-order valence-corrected chi connectivity index (χ2v) is 4.97. The highest BCUT2D eigenvalue weighted by Gasteiger charge is 2.14. The second-order valence-electron chi connectivity index (χ2n) is 4.97. The molecular formula is C17H17N3O. The summed E-state index contributed by atoms with van der Waals surface area (Å²) in [5.41, 5.74) is 2.74. The van der Waals surface area contributed by atoms with Crippen LogP contribution < -0.4 is 5.69 Å². The lowest BCUT2D eigenvalue weighted by Gasteiger charge is -2.00. The molecule has 21 heavy (non-hydrogen) atoms. The van der Waals surface area contributed by atoms with Crippen molar-refractivity contribution in [3.63, 3.8) is 0 Å². The van der Waals surface area contributed by atoms with Crippen molar-refractivity contribution in [2.45, 2.75) is 20.4 Å². The normalized spacial score (nSPS) is 10.8. The van der Waals surface area contributed by atoms with Crippen molar-refractivity contribution in [3.8, 4) is 17.1 Å². The average molecular weight is 279 g/mol. The quantitative estimate of drug-likeness (QED) is 0.739. The number of aryl methyl sites for hydroxylation is 1. The van der Waals surface area contributed by atoms with Crippen LogP contribution in [-0.4, -0.2) is 14.3 Å². The molecule has 2 aromatic carbocycles. The number of hydrogen-bond donors (Lipinski definition) is 0. The van der Waals surface area contributed by atoms with E-state index in [1.807, 2.05) is 68.4 Å². The van der Waals surface area contributed by atoms with Gasteiger partial charge < -0.3 is 0 Å². The fourth-order valence-corrected chi connectivity index (χ4v) is 2.41. The van der Waals surface area contributed by atoms with Crippen LogP contribution in [0.25, 0.3) is 17.1 Å². The van der Waals surface area contributed by atoms with Gasteiger partial charge in [-0.3, -0.25) is 4.57 Å². The van der Waals surface area contributed by atoms with Crippen LogP contribution in [0.3, 0.4) is 0 Å². The molecule has 0 aliphatic carbocycles. The summed E-state index contributed by atoms with van der Waals surface area (Å²) in [6, 6.07) is 17.6. The fourth-order valence-electron chi connectivity index (χ4n) is 2.41. The molecule has 1 aromatic heterocycles. The molecule has 0 spiro atoms. The van der Waals surface area contributed by atoms with Crippen molar-refractivity contribution >= 4 is 0 Å². The van der Waals surface area contributed by atoms with Crippen LogP contribution in [0.1, 0.15) is 12.5 Å². The van der Waals surface area contributed by atoms with Gasteiger partial charge in [0.1, 0.15) is 0 Å². The van der Waals surface area contributed by atoms with E-state index in [-0.39, 0.29) is 5.69 Å². The smallest absolute Gasteiger partial charge is 0.275 e. The van der Waals surface area contributed by atoms with E-state index < -0.39 is 0 Å². The van der Waals surface area contributed by atoms with E-state index in [0.29, 0.717) is 12.4 Å². The van der Waals surface area contributed by atoms with E-state index in [2.05, 4.69) is 5.10 Å². The largest absolute Gasteiger partial charge is 0.350 e. The van der Waals surface area contributed by atoms with Gasteiger partial charge in [-0.05, 0) is 31.5 Å². The Morgan fingerprint density at radius 2 is 1.81 bits per heavy atom. The summed E-state index contributed by atoms with van der Waals surface area (Å²) < 4.78 is 3.16. The summed E-state index contributed by atoms with van der Waals surface area (Å²) in [5.74, 6) is 0.699. The van der Waals surface area contributed by atoms with Crippen molar-refractivity contribution in [3.05, 3.63) is 70.6 Å². The molecule has 3 aromatic rings. The zero-order valence-corrected chi connectivity index (χ0v) is 12.2. The van der Waals surface area contributed by atoms with Crippen LogP contribution in [0, 0.1) is 6.92 Å². The summed E-state index contributed by atoms with van der Waals surface area (Å²) in [6.45, 7) is 4.55. The van der Waals surface area contributed by atoms with E-state index in [0.717, 1.165) is 16.8 Å². The Kier molecular flexibility index (Phi) is 3.44. The van der Waals surface area contributed by atoms with Crippen LogP contribution in [0.15, 0.2) is 59.4 Å². The van der Waals surface area contributed by atoms with Gasteiger partial charge in [-0.1, -0.05) is 42.5 Å². The molecule has 0 saturated carbocycles. The molecule has 0 aliphatic heterocycles. The van der Waals surface area contributed by atoms with Gasteiger partial charge in [-0.15, -0.1) is 5.10 Å². The molecule has 1 heterocycles. The molecule has 0 atom stereocenters. The minimum atomic E-state index is -0.109. The Balaban J connectivity index is 2.21. The Hall–Kier alpha value is -2.62. The summed E-state index contributed by atoms with van der Waals surface area (Å²) in [4.78, 5) is 12.6. The first kappa shape index (κ1) is 13.4. The van der Waals surface area contributed by atoms with Gasteiger partial charge in [0, 0.05) is 12.1 Å². The number of rotatable bonds is 3. The SMILES string of the molecule is CCn1c(-c2ccccc2)nn(-c2cccc(C)c2)c1=O. The first-order chi connectivity index (χ1) is 10.2. The molecule has 106 valence electrons. The monoisotopic (exact) mass is 279 g/mol. The lowest BCUT2D eigenvalue weighted by Crippen LogP contribution is -2.23. The maximum atomic E-state index is 12.6. The highest BCUT2D eigenvalue weighted by molar-refractivity contribution is 5.55. The third-order valence-electron chi connectivity index (χ3n) is 3.46. The Bertz CT molecular complexity index is 816. The molecule has 4 nitrogen and oxygen atoms in total. The van der Waals surface area contributed by atoms with Crippen molar-refractivity contribution in [2.75, 3.05) is 0 Å². The topological polar surface area (TPSA) is 39.8 Å². The molecule has 0 bridgehead atoms. The average Bonchev–Trinajstić information content (AvgIpc) is 2.85. The van der Waals surface area contributed by atoms with Gasteiger partial charge in [0.05, 0.1) is 5.69 Å². The van der Waals surface area contributed by atoms with Gasteiger partial charge in [-0.2, -0.15) is 4.68 Å². The standard InChI is InChI=1S/C17H17N3O/c1-3-19-16(14-9-5-4-6-10-14)18-20(17(19)21)15-11-7-8-13(2)12-15/h4-12H,3H2,1-2H3. The summed E-state index contributed by atoms with van der Waals surface area (Å²) in [6.07, 6.45) is 0. The predicted molar refractivity (Wildman–Crippen MR) is 83.7 cm³/mol. The minimum absolute atomic E-state index is 0.109. The number of aromatic nitrogens is 3. The molecule has 4 heteroatoms. The molecule has 0 aliphatic rings. The maximum absolute atomic E-state index is 12.6. The summed E-state index contributed by atoms with van der Waals surface area (Å²) in [5, 5.41) is 4.53. The van der Waals surface area contributed by atoms with Crippen LogP contribution in [0.4, 0.5) is 0 Å². The lowest BCUT2D eigenvalue weighted by atomic mass is 10.2. The molecule has 0 radical (unpaired) electrons. The fraction of sp³-hybridized carbons (Fsp3) is 0.176. The van der Waals surface area contributed by atoms with Gasteiger partial charge in [0.25, 0.3) is 0 Å². The van der Waals surface area contributed by atoms with Crippen molar-refractivity contribution in [2.24, 2.45) is 0 Å². The lowest BCUT2D eigenvalue weighted by molar-refractivity contribution is 0.716. The minimum Gasteiger partial charge on any atom is -0.275 e. The molecule has 0 fully saturated rings. The van der Waals surface area contributed by atoms with Crippen LogP contribution in [-0.2, 0) is 6.54 Å². The zero-order chi connectivity index (χ0) is 14.8. The van der Waals surface area contributed by atoms with E-state index in [1.165, 1.54) is 4.68 Å². The molecule has 0 amide bonds. The molecule has 0 N–H and O–H groups in total. The second kappa shape index (κ2) is 5.40. The molecule has 0 unspecified atom stereocenters. The van der Waals surface area contributed by atoms with Gasteiger partial charge >= 0.3 is 5.69 Å². The number of nitrogens with zero attached hydrogens (tertiary/aromatic N) is 3. The molecular weight excluding hydrogens is 262 g/mol. The van der Waals surface area contributed by atoms with E-state index in [1.54, 1.807) is 4.57 Å². The third kappa shape index (κ3) is 2.40. The van der Waals surface area contributed by atoms with Crippen molar-refractivity contribution in [1.29, 1.82) is 0 Å². The van der Waals surface area contributed by atoms with Crippen LogP contribution in [0.2, 0.25) is 0 Å². The zero-order valence-electron chi connectivity index (χ0n) is 12.2. The number of benzene rings is 2.